The van der Waals surface area contributed by atoms with E-state index in [1.165, 1.54) is 77.4 Å². The van der Waals surface area contributed by atoms with Gasteiger partial charge in [0.1, 0.15) is 0 Å². The minimum atomic E-state index is 0.781. The average Bonchev–Trinajstić information content (AvgIpc) is 2.71. The van der Waals surface area contributed by atoms with E-state index >= 15 is 0 Å². The maximum Gasteiger partial charge on any atom is 0.0108 e. The highest BCUT2D eigenvalue weighted by Gasteiger charge is 2.31. The molecule has 0 spiro atoms. The van der Waals surface area contributed by atoms with E-state index in [1.54, 1.807) is 0 Å². The normalized spacial score (nSPS) is 35.6. The molecular formula is C19H38N2. The predicted molar refractivity (Wildman–Crippen MR) is 92.7 cm³/mol. The molecule has 0 radical (unpaired) electrons. The van der Waals surface area contributed by atoms with Crippen LogP contribution in [-0.2, 0) is 0 Å². The Morgan fingerprint density at radius 2 is 1.90 bits per heavy atom. The quantitative estimate of drug-likeness (QED) is 0.779. The van der Waals surface area contributed by atoms with E-state index < -0.39 is 0 Å². The number of hydrogen-bond acceptors (Lipinski definition) is 2. The van der Waals surface area contributed by atoms with Crippen LogP contribution in [0, 0.1) is 11.8 Å². The summed E-state index contributed by atoms with van der Waals surface area (Å²) in [4.78, 5) is 2.82. The van der Waals surface area contributed by atoms with Crippen LogP contribution in [0.1, 0.15) is 78.6 Å². The predicted octanol–water partition coefficient (Wildman–Crippen LogP) is 4.45. The van der Waals surface area contributed by atoms with Crippen molar-refractivity contribution in [3.8, 4) is 0 Å². The second kappa shape index (κ2) is 9.15. The van der Waals surface area contributed by atoms with Crippen LogP contribution in [0.3, 0.4) is 0 Å². The number of rotatable bonds is 6. The topological polar surface area (TPSA) is 15.3 Å². The van der Waals surface area contributed by atoms with Crippen molar-refractivity contribution in [2.45, 2.75) is 90.6 Å². The first kappa shape index (κ1) is 17.3. The van der Waals surface area contributed by atoms with Crippen molar-refractivity contribution in [3.63, 3.8) is 0 Å². The van der Waals surface area contributed by atoms with Crippen molar-refractivity contribution in [1.29, 1.82) is 0 Å². The molecule has 2 aliphatic rings. The number of nitrogens with one attached hydrogen (secondary N) is 1. The molecule has 2 fully saturated rings. The van der Waals surface area contributed by atoms with Crippen molar-refractivity contribution >= 4 is 0 Å². The Morgan fingerprint density at radius 3 is 2.67 bits per heavy atom. The number of nitrogens with zero attached hydrogens (tertiary/aromatic N) is 1. The first-order valence-corrected chi connectivity index (χ1v) is 9.72. The second-order valence-corrected chi connectivity index (χ2v) is 7.60. The van der Waals surface area contributed by atoms with Gasteiger partial charge in [0.25, 0.3) is 0 Å². The van der Waals surface area contributed by atoms with Gasteiger partial charge in [0.2, 0.25) is 0 Å². The molecule has 0 bridgehead atoms. The molecule has 4 atom stereocenters. The third-order valence-corrected chi connectivity index (χ3v) is 5.98. The summed E-state index contributed by atoms with van der Waals surface area (Å²) in [5, 5.41) is 3.86. The Bertz CT molecular complexity index is 279. The van der Waals surface area contributed by atoms with Gasteiger partial charge in [0.15, 0.2) is 0 Å². The monoisotopic (exact) mass is 294 g/mol. The molecule has 2 rings (SSSR count). The summed E-state index contributed by atoms with van der Waals surface area (Å²) < 4.78 is 0. The summed E-state index contributed by atoms with van der Waals surface area (Å²) in [5.74, 6) is 1.87. The van der Waals surface area contributed by atoms with Crippen molar-refractivity contribution < 1.29 is 0 Å². The lowest BCUT2D eigenvalue weighted by Crippen LogP contribution is -2.47. The highest BCUT2D eigenvalue weighted by atomic mass is 15.2. The first-order valence-electron chi connectivity index (χ1n) is 9.72. The zero-order valence-electron chi connectivity index (χ0n) is 14.7. The molecule has 1 heterocycles. The third-order valence-electron chi connectivity index (χ3n) is 5.98. The Morgan fingerprint density at radius 1 is 1.05 bits per heavy atom. The maximum atomic E-state index is 3.86. The Hall–Kier alpha value is -0.0800. The van der Waals surface area contributed by atoms with Crippen molar-refractivity contribution in [2.24, 2.45) is 11.8 Å². The molecular weight excluding hydrogens is 256 g/mol. The standard InChI is InChI=1S/C19H38N2/c1-4-12-20-19-11-10-17(5-2)14-18(19)15-21-13-8-6-7-9-16(21)3/h16-20H,4-15H2,1-3H3. The van der Waals surface area contributed by atoms with Crippen LogP contribution in [0.15, 0.2) is 0 Å². The molecule has 0 aromatic rings. The lowest BCUT2D eigenvalue weighted by molar-refractivity contribution is 0.115. The molecule has 1 saturated carbocycles. The van der Waals surface area contributed by atoms with E-state index in [2.05, 4.69) is 31.0 Å². The van der Waals surface area contributed by atoms with Gasteiger partial charge in [-0.05, 0) is 70.4 Å². The van der Waals surface area contributed by atoms with Gasteiger partial charge in [-0.2, -0.15) is 0 Å². The molecule has 1 aliphatic heterocycles. The summed E-state index contributed by atoms with van der Waals surface area (Å²) in [7, 11) is 0. The van der Waals surface area contributed by atoms with Gasteiger partial charge in [-0.1, -0.05) is 33.1 Å². The maximum absolute atomic E-state index is 3.86. The zero-order valence-corrected chi connectivity index (χ0v) is 14.7. The summed E-state index contributed by atoms with van der Waals surface area (Å²) in [6.07, 6.45) is 12.7. The Labute approximate surface area is 133 Å². The summed E-state index contributed by atoms with van der Waals surface area (Å²) in [6.45, 7) is 11.0. The molecule has 2 heteroatoms. The molecule has 0 aromatic heterocycles. The minimum absolute atomic E-state index is 0.781. The van der Waals surface area contributed by atoms with Gasteiger partial charge >= 0.3 is 0 Å². The fraction of sp³-hybridized carbons (Fsp3) is 1.00. The largest absolute Gasteiger partial charge is 0.314 e. The van der Waals surface area contributed by atoms with E-state index in [9.17, 15) is 0 Å². The SMILES string of the molecule is CCCNC1CCC(CC)CC1CN1CCCCCC1C. The van der Waals surface area contributed by atoms with Gasteiger partial charge in [0, 0.05) is 18.6 Å². The third kappa shape index (κ3) is 5.25. The van der Waals surface area contributed by atoms with E-state index in [4.69, 9.17) is 0 Å². The molecule has 0 aromatic carbocycles. The van der Waals surface area contributed by atoms with Crippen LogP contribution in [0.4, 0.5) is 0 Å². The fourth-order valence-corrected chi connectivity index (χ4v) is 4.44. The Balaban J connectivity index is 1.93. The van der Waals surface area contributed by atoms with Crippen molar-refractivity contribution in [2.75, 3.05) is 19.6 Å². The van der Waals surface area contributed by atoms with Crippen LogP contribution >= 0.6 is 0 Å². The van der Waals surface area contributed by atoms with Crippen molar-refractivity contribution in [3.05, 3.63) is 0 Å². The Kier molecular flexibility index (Phi) is 7.53. The van der Waals surface area contributed by atoms with Crippen molar-refractivity contribution in [1.82, 2.24) is 10.2 Å². The molecule has 0 amide bonds. The van der Waals surface area contributed by atoms with Crippen LogP contribution in [0.2, 0.25) is 0 Å². The molecule has 1 N–H and O–H groups in total. The highest BCUT2D eigenvalue weighted by molar-refractivity contribution is 4.87. The van der Waals surface area contributed by atoms with Gasteiger partial charge in [-0.25, -0.2) is 0 Å². The van der Waals surface area contributed by atoms with E-state index in [0.29, 0.717) is 0 Å². The molecule has 2 nitrogen and oxygen atoms in total. The molecule has 1 aliphatic carbocycles. The highest BCUT2D eigenvalue weighted by Crippen LogP contribution is 2.33. The van der Waals surface area contributed by atoms with E-state index in [1.807, 2.05) is 0 Å². The van der Waals surface area contributed by atoms with Gasteiger partial charge in [-0.15, -0.1) is 0 Å². The second-order valence-electron chi connectivity index (χ2n) is 7.60. The van der Waals surface area contributed by atoms with Crippen LogP contribution < -0.4 is 5.32 Å². The first-order chi connectivity index (χ1) is 10.2. The van der Waals surface area contributed by atoms with Gasteiger partial charge in [-0.3, -0.25) is 0 Å². The van der Waals surface area contributed by atoms with E-state index in [-0.39, 0.29) is 0 Å². The van der Waals surface area contributed by atoms with E-state index in [0.717, 1.165) is 23.9 Å². The molecule has 124 valence electrons. The lowest BCUT2D eigenvalue weighted by Gasteiger charge is -2.40. The number of likely N-dealkylation sites (tertiary alicyclic amines) is 1. The summed E-state index contributed by atoms with van der Waals surface area (Å²) >= 11 is 0. The van der Waals surface area contributed by atoms with Crippen LogP contribution in [-0.4, -0.2) is 36.6 Å². The molecule has 4 unspecified atom stereocenters. The summed E-state index contributed by atoms with van der Waals surface area (Å²) in [6, 6.07) is 1.59. The zero-order chi connectivity index (χ0) is 15.1. The fourth-order valence-electron chi connectivity index (χ4n) is 4.44. The van der Waals surface area contributed by atoms with Crippen LogP contribution in [0.5, 0.6) is 0 Å². The van der Waals surface area contributed by atoms with Gasteiger partial charge in [0.05, 0.1) is 0 Å². The minimum Gasteiger partial charge on any atom is -0.314 e. The molecule has 1 saturated heterocycles. The number of hydrogen-bond donors (Lipinski definition) is 1. The summed E-state index contributed by atoms with van der Waals surface area (Å²) in [5.41, 5.74) is 0. The average molecular weight is 295 g/mol. The van der Waals surface area contributed by atoms with Crippen LogP contribution in [0.25, 0.3) is 0 Å². The smallest absolute Gasteiger partial charge is 0.0108 e. The lowest BCUT2D eigenvalue weighted by atomic mass is 9.76. The molecule has 21 heavy (non-hydrogen) atoms. The van der Waals surface area contributed by atoms with Gasteiger partial charge < -0.3 is 10.2 Å².